The van der Waals surface area contributed by atoms with E-state index >= 15 is 0 Å². The summed E-state index contributed by atoms with van der Waals surface area (Å²) in [6.07, 6.45) is 5.51. The molecule has 3 N–H and O–H groups in total. The van der Waals surface area contributed by atoms with Crippen LogP contribution in [0.15, 0.2) is 66.8 Å². The minimum atomic E-state index is -1.12. The van der Waals surface area contributed by atoms with Gasteiger partial charge in [-0.25, -0.2) is 4.79 Å². The van der Waals surface area contributed by atoms with Gasteiger partial charge in [-0.2, -0.15) is 0 Å². The van der Waals surface area contributed by atoms with E-state index in [1.807, 2.05) is 63.3 Å². The van der Waals surface area contributed by atoms with Crippen LogP contribution in [0.25, 0.3) is 6.08 Å². The van der Waals surface area contributed by atoms with Crippen LogP contribution >= 0.6 is 11.6 Å². The van der Waals surface area contributed by atoms with E-state index in [0.717, 1.165) is 5.56 Å². The fraction of sp³-hybridized carbons (Fsp3) is 0.412. The lowest BCUT2D eigenvalue weighted by Crippen LogP contribution is -2.49. The number of carbonyl (C=O) groups is 4. The third-order valence-electron chi connectivity index (χ3n) is 7.16. The molecule has 236 valence electrons. The van der Waals surface area contributed by atoms with Crippen molar-refractivity contribution in [3.63, 3.8) is 0 Å². The van der Waals surface area contributed by atoms with Crippen molar-refractivity contribution < 1.29 is 33.8 Å². The summed E-state index contributed by atoms with van der Waals surface area (Å²) in [7, 11) is 0. The molecule has 3 rings (SSSR count). The molecule has 0 fully saturated rings. The second-order valence-corrected chi connectivity index (χ2v) is 11.9. The number of phenolic OH excluding ortho intramolecular Hbond substituents is 1. The van der Waals surface area contributed by atoms with Gasteiger partial charge in [0.15, 0.2) is 6.10 Å². The van der Waals surface area contributed by atoms with E-state index in [0.29, 0.717) is 5.56 Å². The van der Waals surface area contributed by atoms with Crippen molar-refractivity contribution in [3.8, 4) is 5.75 Å². The monoisotopic (exact) mass is 624 g/mol. The second kappa shape index (κ2) is 16.7. The Morgan fingerprint density at radius 2 is 1.75 bits per heavy atom. The van der Waals surface area contributed by atoms with Crippen LogP contribution in [-0.4, -0.2) is 53.7 Å². The van der Waals surface area contributed by atoms with Crippen molar-refractivity contribution >= 4 is 41.4 Å². The van der Waals surface area contributed by atoms with Gasteiger partial charge in [0.25, 0.3) is 0 Å². The number of carbonyl (C=O) groups excluding carboxylic acids is 4. The lowest BCUT2D eigenvalue weighted by Gasteiger charge is -2.26. The number of ether oxygens (including phenoxy) is 2. The summed E-state index contributed by atoms with van der Waals surface area (Å²) in [4.78, 5) is 52.5. The fourth-order valence-corrected chi connectivity index (χ4v) is 4.74. The Hall–Kier alpha value is -4.11. The number of nitrogens with one attached hydrogen (secondary N) is 2. The van der Waals surface area contributed by atoms with Gasteiger partial charge in [-0.3, -0.25) is 14.4 Å². The summed E-state index contributed by atoms with van der Waals surface area (Å²) in [6, 6.07) is 13.2. The SMILES string of the molecule is CC(C)C[C@@H]1OC(=O)[C@H](C)CNC(=O)[C@@H](Cc2ccc(O)c(Cl)c2)NC(=O)/C=C/C[C@@H](C(C)/C=C/c2ccccc2)OC1=O. The molecule has 1 aliphatic heterocycles. The molecule has 0 saturated heterocycles. The number of phenols is 1. The Morgan fingerprint density at radius 1 is 1.02 bits per heavy atom. The van der Waals surface area contributed by atoms with Crippen molar-refractivity contribution in [2.24, 2.45) is 17.8 Å². The molecule has 0 radical (unpaired) electrons. The van der Waals surface area contributed by atoms with Crippen LogP contribution in [0.1, 0.15) is 51.7 Å². The van der Waals surface area contributed by atoms with Gasteiger partial charge in [-0.1, -0.05) is 93.9 Å². The molecule has 1 aliphatic rings. The summed E-state index contributed by atoms with van der Waals surface area (Å²) < 4.78 is 11.6. The fourth-order valence-electron chi connectivity index (χ4n) is 4.53. The molecule has 9 nitrogen and oxygen atoms in total. The Balaban J connectivity index is 1.89. The molecule has 2 amide bonds. The molecule has 2 aromatic rings. The summed E-state index contributed by atoms with van der Waals surface area (Å²) in [5, 5.41) is 15.3. The average Bonchev–Trinajstić information content (AvgIpc) is 2.98. The van der Waals surface area contributed by atoms with Crippen LogP contribution in [-0.2, 0) is 35.1 Å². The standard InChI is InChI=1S/C34H41ClN2O7/c1-21(2)17-30-34(42)43-29(22(3)13-14-24-9-6-5-7-10-24)11-8-12-31(39)37-27(19-25-15-16-28(38)26(35)18-25)32(40)36-20-23(4)33(41)44-30/h5-10,12-16,18,21-23,27,29-30,38H,11,17,19-20H2,1-4H3,(H,36,40)(H,37,39)/b12-8+,14-13+/t22?,23-,27-,29+,30+/m1/s1. The van der Waals surface area contributed by atoms with Crippen LogP contribution in [0, 0.1) is 17.8 Å². The Kier molecular flexibility index (Phi) is 13.0. The molecule has 0 aliphatic carbocycles. The van der Waals surface area contributed by atoms with Crippen LogP contribution in [0.3, 0.4) is 0 Å². The minimum absolute atomic E-state index is 0.0348. The maximum absolute atomic E-state index is 13.3. The lowest BCUT2D eigenvalue weighted by atomic mass is 9.99. The van der Waals surface area contributed by atoms with Gasteiger partial charge in [0.1, 0.15) is 17.9 Å². The minimum Gasteiger partial charge on any atom is -0.506 e. The molecule has 5 atom stereocenters. The molecule has 44 heavy (non-hydrogen) atoms. The van der Waals surface area contributed by atoms with Crippen molar-refractivity contribution in [1.82, 2.24) is 10.6 Å². The topological polar surface area (TPSA) is 131 Å². The maximum Gasteiger partial charge on any atom is 0.347 e. The summed E-state index contributed by atoms with van der Waals surface area (Å²) in [5.41, 5.74) is 1.59. The molecule has 0 aromatic heterocycles. The van der Waals surface area contributed by atoms with Crippen molar-refractivity contribution in [1.29, 1.82) is 0 Å². The first-order valence-electron chi connectivity index (χ1n) is 14.8. The zero-order chi connectivity index (χ0) is 32.2. The lowest BCUT2D eigenvalue weighted by molar-refractivity contribution is -0.175. The first kappa shape index (κ1) is 34.4. The van der Waals surface area contributed by atoms with Crippen LogP contribution in [0.4, 0.5) is 0 Å². The molecule has 0 saturated carbocycles. The largest absolute Gasteiger partial charge is 0.506 e. The van der Waals surface area contributed by atoms with Gasteiger partial charge in [0.2, 0.25) is 11.8 Å². The normalized spacial score (nSPS) is 23.9. The smallest absolute Gasteiger partial charge is 0.347 e. The Labute approximate surface area is 263 Å². The molecule has 1 heterocycles. The van der Waals surface area contributed by atoms with E-state index in [1.165, 1.54) is 18.2 Å². The number of esters is 2. The first-order chi connectivity index (χ1) is 20.9. The van der Waals surface area contributed by atoms with E-state index < -0.39 is 47.9 Å². The zero-order valence-corrected chi connectivity index (χ0v) is 26.3. The van der Waals surface area contributed by atoms with E-state index in [2.05, 4.69) is 10.6 Å². The van der Waals surface area contributed by atoms with Crippen LogP contribution < -0.4 is 10.6 Å². The number of hydrogen-bond acceptors (Lipinski definition) is 7. The Bertz CT molecular complexity index is 1360. The number of cyclic esters (lactones) is 2. The first-order valence-corrected chi connectivity index (χ1v) is 15.2. The number of hydrogen-bond donors (Lipinski definition) is 3. The van der Waals surface area contributed by atoms with E-state index in [1.54, 1.807) is 19.1 Å². The zero-order valence-electron chi connectivity index (χ0n) is 25.5. The average molecular weight is 625 g/mol. The van der Waals surface area contributed by atoms with Crippen molar-refractivity contribution in [2.45, 2.75) is 65.2 Å². The van der Waals surface area contributed by atoms with Gasteiger partial charge in [-0.15, -0.1) is 0 Å². The van der Waals surface area contributed by atoms with Gasteiger partial charge >= 0.3 is 11.9 Å². The molecule has 0 spiro atoms. The number of rotatable bonds is 7. The highest BCUT2D eigenvalue weighted by molar-refractivity contribution is 6.32. The summed E-state index contributed by atoms with van der Waals surface area (Å²) >= 11 is 6.05. The maximum atomic E-state index is 13.3. The molecule has 1 unspecified atom stereocenters. The van der Waals surface area contributed by atoms with Crippen molar-refractivity contribution in [2.75, 3.05) is 6.54 Å². The highest BCUT2D eigenvalue weighted by Crippen LogP contribution is 2.24. The highest BCUT2D eigenvalue weighted by atomic mass is 35.5. The number of amides is 2. The quantitative estimate of drug-likeness (QED) is 0.369. The predicted molar refractivity (Wildman–Crippen MR) is 169 cm³/mol. The van der Waals surface area contributed by atoms with Crippen LogP contribution in [0.5, 0.6) is 5.75 Å². The molecular formula is C34H41ClN2O7. The van der Waals surface area contributed by atoms with E-state index in [9.17, 15) is 24.3 Å². The highest BCUT2D eigenvalue weighted by Gasteiger charge is 2.31. The third kappa shape index (κ3) is 10.9. The van der Waals surface area contributed by atoms with Gasteiger partial charge < -0.3 is 25.2 Å². The molecule has 10 heteroatoms. The van der Waals surface area contributed by atoms with Crippen LogP contribution in [0.2, 0.25) is 5.02 Å². The number of halogens is 1. The predicted octanol–water partition coefficient (Wildman–Crippen LogP) is 5.00. The summed E-state index contributed by atoms with van der Waals surface area (Å²) in [6.45, 7) is 7.23. The van der Waals surface area contributed by atoms with E-state index in [-0.39, 0.29) is 48.4 Å². The molecule has 0 bridgehead atoms. The number of benzene rings is 2. The van der Waals surface area contributed by atoms with Crippen molar-refractivity contribution in [3.05, 3.63) is 82.9 Å². The second-order valence-electron chi connectivity index (χ2n) is 11.5. The molecular weight excluding hydrogens is 584 g/mol. The van der Waals surface area contributed by atoms with Gasteiger partial charge in [0.05, 0.1) is 10.9 Å². The molecule has 2 aromatic carbocycles. The third-order valence-corrected chi connectivity index (χ3v) is 7.46. The van der Waals surface area contributed by atoms with Gasteiger partial charge in [0, 0.05) is 25.3 Å². The summed E-state index contributed by atoms with van der Waals surface area (Å²) in [5.74, 6) is -3.45. The Morgan fingerprint density at radius 3 is 2.43 bits per heavy atom. The van der Waals surface area contributed by atoms with Gasteiger partial charge in [-0.05, 0) is 41.7 Å². The van der Waals surface area contributed by atoms with E-state index in [4.69, 9.17) is 21.1 Å². The number of aromatic hydroxyl groups is 1.